The molecule has 0 aromatic rings. The van der Waals surface area contributed by atoms with E-state index in [2.05, 4.69) is 14.2 Å². The van der Waals surface area contributed by atoms with Crippen LogP contribution >= 0.6 is 0 Å². The Hall–Kier alpha value is -1.94. The van der Waals surface area contributed by atoms with Gasteiger partial charge in [-0.2, -0.15) is 52.7 Å². The maximum Gasteiger partial charge on any atom is 0.447 e. The zero-order valence-electron chi connectivity index (χ0n) is 15.4. The minimum Gasteiger partial charge on any atom is -0.453 e. The lowest BCUT2D eigenvalue weighted by Crippen LogP contribution is -2.68. The molecular weight excluding hydrogens is 476 g/mol. The molecule has 0 aliphatic rings. The summed E-state index contributed by atoms with van der Waals surface area (Å²) in [5.74, 6) is -4.51. The molecule has 0 aliphatic carbocycles. The average Bonchev–Trinajstić information content (AvgIpc) is 2.52. The van der Waals surface area contributed by atoms with E-state index in [0.717, 1.165) is 6.92 Å². The van der Waals surface area contributed by atoms with Crippen molar-refractivity contribution in [2.24, 2.45) is 5.41 Å². The zero-order valence-corrected chi connectivity index (χ0v) is 15.4. The molecule has 17 heteroatoms. The summed E-state index contributed by atoms with van der Waals surface area (Å²) >= 11 is 0. The van der Waals surface area contributed by atoms with E-state index >= 15 is 0 Å². The highest BCUT2D eigenvalue weighted by Gasteiger charge is 2.87. The number of hydrogen-bond donors (Lipinski definition) is 0. The molecule has 5 nitrogen and oxygen atoms in total. The topological polar surface area (TPSA) is 61.8 Å². The van der Waals surface area contributed by atoms with Crippen LogP contribution in [0.25, 0.3) is 0 Å². The van der Waals surface area contributed by atoms with Gasteiger partial charge in [0.2, 0.25) is 0 Å². The van der Waals surface area contributed by atoms with E-state index in [-0.39, 0.29) is 6.42 Å². The van der Waals surface area contributed by atoms with Crippen molar-refractivity contribution < 1.29 is 76.5 Å². The van der Waals surface area contributed by atoms with Gasteiger partial charge in [0.15, 0.2) is 6.61 Å². The second kappa shape index (κ2) is 9.28. The molecule has 0 saturated heterocycles. The maximum absolute atomic E-state index is 12.7. The quantitative estimate of drug-likeness (QED) is 0.371. The van der Waals surface area contributed by atoms with Gasteiger partial charge in [-0.15, -0.1) is 0 Å². The summed E-state index contributed by atoms with van der Waals surface area (Å²) in [6, 6.07) is 0. The third-order valence-corrected chi connectivity index (χ3v) is 3.75. The Kier molecular flexibility index (Phi) is 8.70. The molecule has 0 rings (SSSR count). The number of alkyl halides is 12. The maximum atomic E-state index is 12.7. The highest BCUT2D eigenvalue weighted by atomic mass is 19.4. The van der Waals surface area contributed by atoms with Crippen molar-refractivity contribution in [1.82, 2.24) is 0 Å². The molecule has 0 amide bonds. The summed E-state index contributed by atoms with van der Waals surface area (Å²) in [7, 11) is 0. The van der Waals surface area contributed by atoms with E-state index in [0.29, 0.717) is 0 Å². The molecule has 0 fully saturated rings. The van der Waals surface area contributed by atoms with Gasteiger partial charge in [-0.1, -0.05) is 6.92 Å². The summed E-state index contributed by atoms with van der Waals surface area (Å²) in [6.07, 6.45) is -26.7. The summed E-state index contributed by atoms with van der Waals surface area (Å²) in [6.45, 7) is -2.86. The molecule has 0 bridgehead atoms. The van der Waals surface area contributed by atoms with Gasteiger partial charge in [-0.3, -0.25) is 4.79 Å². The first-order chi connectivity index (χ1) is 13.5. The van der Waals surface area contributed by atoms with E-state index in [1.54, 1.807) is 0 Å². The van der Waals surface area contributed by atoms with Crippen LogP contribution in [0.1, 0.15) is 20.3 Å². The first-order valence-electron chi connectivity index (χ1n) is 7.78. The number of esters is 2. The predicted octanol–water partition coefficient (Wildman–Crippen LogP) is 4.49. The highest BCUT2D eigenvalue weighted by Crippen LogP contribution is 2.54. The van der Waals surface area contributed by atoms with Gasteiger partial charge in [0.1, 0.15) is 6.61 Å². The minimum atomic E-state index is -7.19. The molecule has 0 heterocycles. The molecule has 1 atom stereocenters. The van der Waals surface area contributed by atoms with Crippen molar-refractivity contribution in [1.29, 1.82) is 0 Å². The van der Waals surface area contributed by atoms with Gasteiger partial charge in [0.25, 0.3) is 0 Å². The first-order valence-corrected chi connectivity index (χ1v) is 7.78. The highest BCUT2D eigenvalue weighted by molar-refractivity contribution is 5.80. The van der Waals surface area contributed by atoms with Gasteiger partial charge in [0.05, 0.1) is 12.0 Å². The van der Waals surface area contributed by atoms with Crippen molar-refractivity contribution in [3.63, 3.8) is 0 Å². The van der Waals surface area contributed by atoms with Crippen LogP contribution < -0.4 is 0 Å². The average molecular weight is 490 g/mol. The molecule has 0 saturated carbocycles. The van der Waals surface area contributed by atoms with E-state index in [9.17, 15) is 62.3 Å². The molecule has 1 unspecified atom stereocenters. The number of carbonyl (C=O) groups is 2. The van der Waals surface area contributed by atoms with Gasteiger partial charge in [0, 0.05) is 0 Å². The van der Waals surface area contributed by atoms with Gasteiger partial charge < -0.3 is 14.2 Å². The van der Waals surface area contributed by atoms with Crippen molar-refractivity contribution in [3.8, 4) is 0 Å². The Morgan fingerprint density at radius 2 is 1.16 bits per heavy atom. The number of hydrogen-bond acceptors (Lipinski definition) is 5. The Morgan fingerprint density at radius 3 is 1.48 bits per heavy atom. The monoisotopic (exact) mass is 490 g/mol. The third-order valence-electron chi connectivity index (χ3n) is 3.75. The van der Waals surface area contributed by atoms with E-state index in [1.807, 2.05) is 0 Å². The Morgan fingerprint density at radius 1 is 0.742 bits per heavy atom. The fourth-order valence-electron chi connectivity index (χ4n) is 1.85. The molecule has 184 valence electrons. The minimum absolute atomic E-state index is 0.351. The van der Waals surface area contributed by atoms with Crippen LogP contribution in [0.5, 0.6) is 0 Å². The van der Waals surface area contributed by atoms with Crippen LogP contribution in [-0.2, 0) is 23.8 Å². The molecule has 0 N–H and O–H groups in total. The van der Waals surface area contributed by atoms with Crippen molar-refractivity contribution in [2.45, 2.75) is 50.6 Å². The largest absolute Gasteiger partial charge is 0.453 e. The first kappa shape index (κ1) is 29.1. The van der Waals surface area contributed by atoms with Crippen LogP contribution in [0.3, 0.4) is 0 Å². The third kappa shape index (κ3) is 7.03. The van der Waals surface area contributed by atoms with Gasteiger partial charge in [-0.25, -0.2) is 4.79 Å². The SMILES string of the molecule is CCC(C)(COCC(F)(F)F)C(=O)OCC(=O)OC(C(F)(F)F)(C(F)(F)F)C(F)(F)F. The normalized spacial score (nSPS) is 15.9. The Bertz CT molecular complexity index is 598. The molecule has 0 aliphatic heterocycles. The molecule has 31 heavy (non-hydrogen) atoms. The number of carbonyl (C=O) groups excluding carboxylic acids is 2. The van der Waals surface area contributed by atoms with Crippen LogP contribution in [0.2, 0.25) is 0 Å². The summed E-state index contributed by atoms with van der Waals surface area (Å²) in [5, 5.41) is 0. The fourth-order valence-corrected chi connectivity index (χ4v) is 1.85. The van der Waals surface area contributed by atoms with Crippen LogP contribution in [0.4, 0.5) is 52.7 Å². The van der Waals surface area contributed by atoms with Gasteiger partial charge in [-0.05, 0) is 13.3 Å². The lowest BCUT2D eigenvalue weighted by molar-refractivity contribution is -0.446. The number of halogens is 12. The smallest absolute Gasteiger partial charge is 0.447 e. The molecular formula is C14H14F12O5. The second-order valence-corrected chi connectivity index (χ2v) is 6.25. The second-order valence-electron chi connectivity index (χ2n) is 6.25. The van der Waals surface area contributed by atoms with Crippen molar-refractivity contribution in [2.75, 3.05) is 19.8 Å². The van der Waals surface area contributed by atoms with Crippen LogP contribution in [0.15, 0.2) is 0 Å². The van der Waals surface area contributed by atoms with Crippen LogP contribution in [-0.4, -0.2) is 62.1 Å². The van der Waals surface area contributed by atoms with E-state index < -0.39 is 67.5 Å². The van der Waals surface area contributed by atoms with E-state index in [4.69, 9.17) is 0 Å². The Labute approximate surface area is 165 Å². The zero-order chi connectivity index (χ0) is 25.1. The van der Waals surface area contributed by atoms with Crippen molar-refractivity contribution >= 4 is 11.9 Å². The predicted molar refractivity (Wildman–Crippen MR) is 73.2 cm³/mol. The molecule has 0 spiro atoms. The summed E-state index contributed by atoms with van der Waals surface area (Å²) in [4.78, 5) is 23.1. The molecule has 0 aromatic carbocycles. The lowest BCUT2D eigenvalue weighted by atomic mass is 9.89. The molecule has 0 aromatic heterocycles. The van der Waals surface area contributed by atoms with Crippen LogP contribution in [0, 0.1) is 5.41 Å². The standard InChI is InChI=1S/C14H14F12O5/c1-3-9(2,5-29-6-10(15,16)17)8(28)30-4-7(27)31-11(12(18,19)20,13(21,22)23)14(24,25)26/h3-6H2,1-2H3. The summed E-state index contributed by atoms with van der Waals surface area (Å²) < 4.78 is 161. The Balaban J connectivity index is 5.43. The summed E-state index contributed by atoms with van der Waals surface area (Å²) in [5.41, 5.74) is -8.87. The van der Waals surface area contributed by atoms with Gasteiger partial charge >= 0.3 is 42.2 Å². The fraction of sp³-hybridized carbons (Fsp3) is 0.857. The number of rotatable bonds is 8. The van der Waals surface area contributed by atoms with Crippen molar-refractivity contribution in [3.05, 3.63) is 0 Å². The lowest BCUT2D eigenvalue weighted by Gasteiger charge is -2.37. The molecule has 0 radical (unpaired) electrons. The van der Waals surface area contributed by atoms with E-state index in [1.165, 1.54) is 6.92 Å². The number of ether oxygens (including phenoxy) is 3.